The van der Waals surface area contributed by atoms with Gasteiger partial charge in [0.1, 0.15) is 0 Å². The summed E-state index contributed by atoms with van der Waals surface area (Å²) >= 11 is 6.24. The maximum Gasteiger partial charge on any atom is 0.0553 e. The Morgan fingerprint density at radius 1 is 1.20 bits per heavy atom. The Bertz CT molecular complexity index is 732. The summed E-state index contributed by atoms with van der Waals surface area (Å²) < 4.78 is 0. The summed E-state index contributed by atoms with van der Waals surface area (Å²) in [5.74, 6) is 1.27. The van der Waals surface area contributed by atoms with Crippen molar-refractivity contribution in [3.8, 4) is 0 Å². The minimum absolute atomic E-state index is 0.176. The number of piperidine rings is 1. The predicted octanol–water partition coefficient (Wildman–Crippen LogP) is 5.99. The van der Waals surface area contributed by atoms with Crippen molar-refractivity contribution in [1.82, 2.24) is 10.2 Å². The van der Waals surface area contributed by atoms with E-state index in [-0.39, 0.29) is 10.8 Å². The molecule has 1 aromatic carbocycles. The van der Waals surface area contributed by atoms with Crippen LogP contribution in [0.4, 0.5) is 0 Å². The van der Waals surface area contributed by atoms with Crippen LogP contribution in [0, 0.1) is 24.2 Å². The van der Waals surface area contributed by atoms with Gasteiger partial charge in [0.15, 0.2) is 0 Å². The molecule has 2 aliphatic rings. The van der Waals surface area contributed by atoms with Gasteiger partial charge >= 0.3 is 0 Å². The summed E-state index contributed by atoms with van der Waals surface area (Å²) in [4.78, 5) is 2.69. The quantitative estimate of drug-likeness (QED) is 0.511. The first-order valence-electron chi connectivity index (χ1n) is 11.8. The van der Waals surface area contributed by atoms with E-state index in [2.05, 4.69) is 87.3 Å². The van der Waals surface area contributed by atoms with E-state index >= 15 is 0 Å². The number of hydrogen-bond donors (Lipinski definition) is 1. The molecule has 1 aliphatic heterocycles. The van der Waals surface area contributed by atoms with Gasteiger partial charge in [-0.2, -0.15) is 0 Å². The number of halogens is 1. The highest BCUT2D eigenvalue weighted by Gasteiger charge is 2.38. The second-order valence-corrected chi connectivity index (χ2v) is 11.0. The maximum absolute atomic E-state index is 6.24. The Morgan fingerprint density at radius 3 is 2.53 bits per heavy atom. The molecule has 3 atom stereocenters. The van der Waals surface area contributed by atoms with Crippen LogP contribution in [0.3, 0.4) is 0 Å². The van der Waals surface area contributed by atoms with E-state index in [0.717, 1.165) is 32.5 Å². The normalized spacial score (nSPS) is 25.4. The molecule has 1 saturated heterocycles. The van der Waals surface area contributed by atoms with Gasteiger partial charge in [0.25, 0.3) is 0 Å². The zero-order chi connectivity index (χ0) is 21.7. The lowest BCUT2D eigenvalue weighted by Crippen LogP contribution is -2.52. The van der Waals surface area contributed by atoms with Crippen molar-refractivity contribution in [2.24, 2.45) is 17.3 Å². The molecule has 0 radical (unpaired) electrons. The van der Waals surface area contributed by atoms with E-state index in [1.807, 2.05) is 0 Å². The molecule has 166 valence electrons. The molecule has 1 aliphatic carbocycles. The first kappa shape index (κ1) is 23.6. The van der Waals surface area contributed by atoms with E-state index in [0.29, 0.717) is 17.9 Å². The van der Waals surface area contributed by atoms with Gasteiger partial charge in [0.05, 0.1) is 5.38 Å². The van der Waals surface area contributed by atoms with Crippen molar-refractivity contribution < 1.29 is 0 Å². The second kappa shape index (κ2) is 10.5. The minimum atomic E-state index is 0.176. The lowest BCUT2D eigenvalue weighted by atomic mass is 9.69. The zero-order valence-corrected chi connectivity index (χ0v) is 20.4. The van der Waals surface area contributed by atoms with Crippen molar-refractivity contribution >= 4 is 11.6 Å². The van der Waals surface area contributed by atoms with Crippen LogP contribution in [0.15, 0.2) is 48.1 Å². The zero-order valence-electron chi connectivity index (χ0n) is 19.6. The highest BCUT2D eigenvalue weighted by molar-refractivity contribution is 6.22. The highest BCUT2D eigenvalue weighted by Crippen LogP contribution is 2.41. The molecule has 1 heterocycles. The van der Waals surface area contributed by atoms with E-state index in [1.165, 1.54) is 29.7 Å². The van der Waals surface area contributed by atoms with Gasteiger partial charge in [0, 0.05) is 19.1 Å². The highest BCUT2D eigenvalue weighted by atomic mass is 35.5. The molecule has 0 bridgehead atoms. The molecular formula is C27H41ClN2. The molecule has 3 rings (SSSR count). The van der Waals surface area contributed by atoms with Gasteiger partial charge in [-0.1, -0.05) is 75.8 Å². The number of aryl methyl sites for hydroxylation is 1. The third kappa shape index (κ3) is 6.45. The molecule has 1 aromatic rings. The standard InChI is InChI=1S/C27H41ClN2/c1-20(2)26(29-16-14-22-8-6-21(3)7-9-22)18-30-17-15-25(27(4,5)19-30)23-10-12-24(28)13-11-23/h6-12,20,24-26,29H,13-19H2,1-5H3/t24?,25-,26+/m1/s1. The molecule has 0 amide bonds. The number of nitrogens with zero attached hydrogens (tertiary/aromatic N) is 1. The molecule has 1 unspecified atom stereocenters. The van der Waals surface area contributed by atoms with Gasteiger partial charge < -0.3 is 10.2 Å². The Kier molecular flexibility index (Phi) is 8.24. The van der Waals surface area contributed by atoms with Crippen LogP contribution >= 0.6 is 11.6 Å². The molecule has 3 heteroatoms. The summed E-state index contributed by atoms with van der Waals surface area (Å²) in [6, 6.07) is 9.48. The maximum atomic E-state index is 6.24. The second-order valence-electron chi connectivity index (χ2n) is 10.4. The average Bonchev–Trinajstić information content (AvgIpc) is 2.69. The van der Waals surface area contributed by atoms with Crippen molar-refractivity contribution in [1.29, 1.82) is 0 Å². The molecule has 0 spiro atoms. The Labute approximate surface area is 189 Å². The summed E-state index contributed by atoms with van der Waals surface area (Å²) in [7, 11) is 0. The summed E-state index contributed by atoms with van der Waals surface area (Å²) in [5, 5.41) is 4.03. The number of hydrogen-bond acceptors (Lipinski definition) is 2. The van der Waals surface area contributed by atoms with Gasteiger partial charge in [-0.25, -0.2) is 0 Å². The number of rotatable bonds is 8. The van der Waals surface area contributed by atoms with Crippen LogP contribution in [-0.2, 0) is 6.42 Å². The largest absolute Gasteiger partial charge is 0.312 e. The fourth-order valence-electron chi connectivity index (χ4n) is 5.06. The molecule has 2 nitrogen and oxygen atoms in total. The van der Waals surface area contributed by atoms with E-state index in [1.54, 1.807) is 0 Å². The number of nitrogens with one attached hydrogen (secondary N) is 1. The lowest BCUT2D eigenvalue weighted by molar-refractivity contribution is 0.0633. The summed E-state index contributed by atoms with van der Waals surface area (Å²) in [6.45, 7) is 16.3. The molecule has 30 heavy (non-hydrogen) atoms. The first-order valence-corrected chi connectivity index (χ1v) is 12.2. The monoisotopic (exact) mass is 428 g/mol. The third-order valence-corrected chi connectivity index (χ3v) is 7.31. The van der Waals surface area contributed by atoms with Crippen molar-refractivity contribution in [3.05, 3.63) is 59.2 Å². The Hall–Kier alpha value is -1.09. The van der Waals surface area contributed by atoms with Crippen LogP contribution in [-0.4, -0.2) is 42.5 Å². The van der Waals surface area contributed by atoms with E-state index in [9.17, 15) is 0 Å². The van der Waals surface area contributed by atoms with Crippen LogP contribution in [0.2, 0.25) is 0 Å². The van der Waals surface area contributed by atoms with E-state index < -0.39 is 0 Å². The summed E-state index contributed by atoms with van der Waals surface area (Å²) in [6.07, 6.45) is 10.1. The van der Waals surface area contributed by atoms with Crippen LogP contribution in [0.25, 0.3) is 0 Å². The third-order valence-electron chi connectivity index (χ3n) is 6.99. The van der Waals surface area contributed by atoms with Gasteiger partial charge in [-0.15, -0.1) is 11.6 Å². The van der Waals surface area contributed by atoms with Crippen LogP contribution in [0.5, 0.6) is 0 Å². The number of alkyl halides is 1. The molecule has 1 fully saturated rings. The summed E-state index contributed by atoms with van der Waals surface area (Å²) in [5.41, 5.74) is 4.55. The topological polar surface area (TPSA) is 15.3 Å². The van der Waals surface area contributed by atoms with Gasteiger partial charge in [-0.3, -0.25) is 0 Å². The van der Waals surface area contributed by atoms with Gasteiger partial charge in [0.2, 0.25) is 0 Å². The van der Waals surface area contributed by atoms with Crippen LogP contribution < -0.4 is 5.32 Å². The smallest absolute Gasteiger partial charge is 0.0553 e. The number of allylic oxidation sites excluding steroid dienone is 4. The van der Waals surface area contributed by atoms with Crippen LogP contribution in [0.1, 0.15) is 51.7 Å². The Balaban J connectivity index is 1.52. The average molecular weight is 429 g/mol. The molecule has 1 N–H and O–H groups in total. The van der Waals surface area contributed by atoms with E-state index in [4.69, 9.17) is 11.6 Å². The number of likely N-dealkylation sites (tertiary alicyclic amines) is 1. The molecule has 0 saturated carbocycles. The molecule has 0 aromatic heterocycles. The SMILES string of the molecule is Cc1ccc(CCN[C@@H](CN2CC[C@H](C3=CCC(Cl)C=C3)C(C)(C)C2)C(C)C)cc1. The predicted molar refractivity (Wildman–Crippen MR) is 131 cm³/mol. The molecular weight excluding hydrogens is 388 g/mol. The fraction of sp³-hybridized carbons (Fsp3) is 0.630. The fourth-order valence-corrected chi connectivity index (χ4v) is 5.22. The van der Waals surface area contributed by atoms with Crippen molar-refractivity contribution in [3.63, 3.8) is 0 Å². The Morgan fingerprint density at radius 2 is 1.93 bits per heavy atom. The van der Waals surface area contributed by atoms with Crippen molar-refractivity contribution in [2.45, 2.75) is 65.3 Å². The number of benzene rings is 1. The van der Waals surface area contributed by atoms with Gasteiger partial charge in [-0.05, 0) is 67.7 Å². The first-order chi connectivity index (χ1) is 14.2. The minimum Gasteiger partial charge on any atom is -0.312 e. The van der Waals surface area contributed by atoms with Crippen molar-refractivity contribution in [2.75, 3.05) is 26.2 Å². The lowest BCUT2D eigenvalue weighted by Gasteiger charge is -2.46.